The second-order valence-electron chi connectivity index (χ2n) is 3.85. The van der Waals surface area contributed by atoms with Crippen molar-refractivity contribution >= 4 is 17.4 Å². The predicted octanol–water partition coefficient (Wildman–Crippen LogP) is 0.600. The zero-order chi connectivity index (χ0) is 12.8. The lowest BCUT2D eigenvalue weighted by Gasteiger charge is -2.14. The fraction of sp³-hybridized carbons (Fsp3) is 0.455. The molecule has 1 rings (SSSR count). The van der Waals surface area contributed by atoms with Crippen molar-refractivity contribution in [2.75, 3.05) is 24.8 Å². The van der Waals surface area contributed by atoms with Gasteiger partial charge in [-0.2, -0.15) is 0 Å². The molecule has 1 atom stereocenters. The summed E-state index contributed by atoms with van der Waals surface area (Å²) in [6, 6.07) is 1.74. The van der Waals surface area contributed by atoms with E-state index in [2.05, 4.69) is 10.3 Å². The van der Waals surface area contributed by atoms with Gasteiger partial charge in [-0.15, -0.1) is 0 Å². The summed E-state index contributed by atoms with van der Waals surface area (Å²) in [6.07, 6.45) is 2.26. The number of nitrogens with two attached hydrogens (primary N) is 2. The average molecular weight is 238 g/mol. The van der Waals surface area contributed by atoms with Crippen LogP contribution < -0.4 is 16.8 Å². The third kappa shape index (κ3) is 3.92. The minimum atomic E-state index is -0.558. The van der Waals surface area contributed by atoms with Crippen LogP contribution in [-0.2, 0) is 4.74 Å². The van der Waals surface area contributed by atoms with Crippen LogP contribution in [0.5, 0.6) is 0 Å². The smallest absolute Gasteiger partial charge is 0.250 e. The van der Waals surface area contributed by atoms with E-state index in [-0.39, 0.29) is 17.3 Å². The van der Waals surface area contributed by atoms with Crippen molar-refractivity contribution in [1.82, 2.24) is 4.98 Å². The first-order chi connectivity index (χ1) is 8.04. The summed E-state index contributed by atoms with van der Waals surface area (Å²) >= 11 is 0. The monoisotopic (exact) mass is 238 g/mol. The van der Waals surface area contributed by atoms with E-state index in [1.165, 1.54) is 6.20 Å². The van der Waals surface area contributed by atoms with E-state index in [0.717, 1.165) is 6.42 Å². The predicted molar refractivity (Wildman–Crippen MR) is 66.7 cm³/mol. The summed E-state index contributed by atoms with van der Waals surface area (Å²) < 4.78 is 4.98. The molecule has 0 radical (unpaired) electrons. The normalized spacial score (nSPS) is 12.1. The van der Waals surface area contributed by atoms with Crippen molar-refractivity contribution in [3.8, 4) is 0 Å². The zero-order valence-electron chi connectivity index (χ0n) is 10.1. The Bertz CT molecular complexity index is 395. The van der Waals surface area contributed by atoms with E-state index in [9.17, 15) is 4.79 Å². The first kappa shape index (κ1) is 13.2. The average Bonchev–Trinajstić information content (AvgIpc) is 2.28. The van der Waals surface area contributed by atoms with Gasteiger partial charge in [-0.25, -0.2) is 4.98 Å². The second-order valence-corrected chi connectivity index (χ2v) is 3.85. The molecule has 1 unspecified atom stereocenters. The molecule has 1 aromatic rings. The summed E-state index contributed by atoms with van der Waals surface area (Å²) in [7, 11) is 1.65. The molecule has 1 aromatic heterocycles. The molecule has 1 heterocycles. The van der Waals surface area contributed by atoms with Crippen LogP contribution in [0.4, 0.5) is 11.5 Å². The highest BCUT2D eigenvalue weighted by Crippen LogP contribution is 2.15. The van der Waals surface area contributed by atoms with Crippen LogP contribution in [0.1, 0.15) is 23.7 Å². The molecule has 6 heteroatoms. The quantitative estimate of drug-likeness (QED) is 0.673. The number of hydrogen-bond acceptors (Lipinski definition) is 5. The summed E-state index contributed by atoms with van der Waals surface area (Å²) in [5.74, 6) is 0.0223. The number of nitrogens with one attached hydrogen (secondary N) is 1. The Kier molecular flexibility index (Phi) is 4.71. The molecule has 0 aliphatic carbocycles. The Balaban J connectivity index is 2.72. The molecule has 0 aliphatic heterocycles. The van der Waals surface area contributed by atoms with Crippen LogP contribution in [0.15, 0.2) is 12.3 Å². The Hall–Kier alpha value is -1.82. The number of amides is 1. The fourth-order valence-corrected chi connectivity index (χ4v) is 1.38. The van der Waals surface area contributed by atoms with E-state index in [4.69, 9.17) is 16.2 Å². The highest BCUT2D eigenvalue weighted by molar-refractivity contribution is 5.98. The van der Waals surface area contributed by atoms with Crippen molar-refractivity contribution in [2.45, 2.75) is 19.4 Å². The van der Waals surface area contributed by atoms with Gasteiger partial charge in [0.05, 0.1) is 17.4 Å². The van der Waals surface area contributed by atoms with Crippen molar-refractivity contribution in [3.05, 3.63) is 17.8 Å². The molecule has 0 aromatic carbocycles. The van der Waals surface area contributed by atoms with Gasteiger partial charge >= 0.3 is 0 Å². The van der Waals surface area contributed by atoms with E-state index in [1.807, 2.05) is 6.92 Å². The van der Waals surface area contributed by atoms with Gasteiger partial charge < -0.3 is 21.5 Å². The molecule has 0 saturated carbocycles. The Morgan fingerprint density at radius 1 is 1.65 bits per heavy atom. The van der Waals surface area contributed by atoms with Crippen LogP contribution in [0.2, 0.25) is 0 Å². The number of anilines is 2. The lowest BCUT2D eigenvalue weighted by molar-refractivity contribution is 0.100. The Morgan fingerprint density at radius 3 is 2.94 bits per heavy atom. The van der Waals surface area contributed by atoms with E-state index >= 15 is 0 Å². The number of primary amides is 1. The highest BCUT2D eigenvalue weighted by Gasteiger charge is 2.09. The maximum absolute atomic E-state index is 11.1. The number of hydrogen-bond donors (Lipinski definition) is 3. The van der Waals surface area contributed by atoms with Gasteiger partial charge in [0.2, 0.25) is 0 Å². The van der Waals surface area contributed by atoms with Crippen molar-refractivity contribution < 1.29 is 9.53 Å². The number of nitrogens with zero attached hydrogens (tertiary/aromatic N) is 1. The number of ether oxygens (including phenoxy) is 1. The number of aromatic nitrogens is 1. The SMILES string of the molecule is COCCC(C)Nc1cc(C(N)=O)c(N)cn1. The minimum absolute atomic E-state index is 0.187. The van der Waals surface area contributed by atoms with Gasteiger partial charge in [-0.1, -0.05) is 0 Å². The summed E-state index contributed by atoms with van der Waals surface area (Å²) in [5.41, 5.74) is 11.4. The van der Waals surface area contributed by atoms with Gasteiger partial charge in [0.25, 0.3) is 5.91 Å². The molecule has 0 bridgehead atoms. The van der Waals surface area contributed by atoms with Gasteiger partial charge in [0.15, 0.2) is 0 Å². The first-order valence-corrected chi connectivity index (χ1v) is 5.35. The van der Waals surface area contributed by atoms with Crippen LogP contribution in [0, 0.1) is 0 Å². The largest absolute Gasteiger partial charge is 0.397 e. The number of carbonyl (C=O) groups excluding carboxylic acids is 1. The highest BCUT2D eigenvalue weighted by atomic mass is 16.5. The van der Waals surface area contributed by atoms with Crippen molar-refractivity contribution in [3.63, 3.8) is 0 Å². The van der Waals surface area contributed by atoms with Crippen molar-refractivity contribution in [1.29, 1.82) is 0 Å². The second kappa shape index (κ2) is 6.05. The van der Waals surface area contributed by atoms with Gasteiger partial charge in [0, 0.05) is 19.8 Å². The minimum Gasteiger partial charge on any atom is -0.397 e. The summed E-state index contributed by atoms with van der Waals surface area (Å²) in [5, 5.41) is 3.14. The molecule has 5 N–H and O–H groups in total. The standard InChI is InChI=1S/C11H18N4O2/c1-7(3-4-17-2)15-10-5-8(11(13)16)9(12)6-14-10/h5-7H,3-4,12H2,1-2H3,(H2,13,16)(H,14,15). The van der Waals surface area contributed by atoms with E-state index in [1.54, 1.807) is 13.2 Å². The van der Waals surface area contributed by atoms with Gasteiger partial charge in [-0.05, 0) is 19.4 Å². The van der Waals surface area contributed by atoms with Crippen LogP contribution >= 0.6 is 0 Å². The van der Waals surface area contributed by atoms with Gasteiger partial charge in [-0.3, -0.25) is 4.79 Å². The van der Waals surface area contributed by atoms with Crippen LogP contribution in [0.25, 0.3) is 0 Å². The molecule has 0 fully saturated rings. The molecule has 1 amide bonds. The zero-order valence-corrected chi connectivity index (χ0v) is 10.1. The number of nitrogen functional groups attached to an aromatic ring is 1. The number of rotatable bonds is 6. The molecular formula is C11H18N4O2. The molecule has 0 spiro atoms. The third-order valence-corrected chi connectivity index (χ3v) is 2.35. The number of carbonyl (C=O) groups is 1. The molecule has 0 aliphatic rings. The molecule has 6 nitrogen and oxygen atoms in total. The Labute approximate surface area is 100 Å². The van der Waals surface area contributed by atoms with Crippen LogP contribution in [0.3, 0.4) is 0 Å². The van der Waals surface area contributed by atoms with Crippen molar-refractivity contribution in [2.24, 2.45) is 5.73 Å². The first-order valence-electron chi connectivity index (χ1n) is 5.35. The lowest BCUT2D eigenvalue weighted by Crippen LogP contribution is -2.19. The van der Waals surface area contributed by atoms with Crippen LogP contribution in [-0.4, -0.2) is 30.6 Å². The maximum Gasteiger partial charge on any atom is 0.250 e. The third-order valence-electron chi connectivity index (χ3n) is 2.35. The number of pyridine rings is 1. The Morgan fingerprint density at radius 2 is 2.35 bits per heavy atom. The fourth-order valence-electron chi connectivity index (χ4n) is 1.38. The molecular weight excluding hydrogens is 220 g/mol. The lowest BCUT2D eigenvalue weighted by atomic mass is 10.2. The summed E-state index contributed by atoms with van der Waals surface area (Å²) in [6.45, 7) is 2.66. The maximum atomic E-state index is 11.1. The van der Waals surface area contributed by atoms with Gasteiger partial charge in [0.1, 0.15) is 5.82 Å². The summed E-state index contributed by atoms with van der Waals surface area (Å²) in [4.78, 5) is 15.2. The molecule has 0 saturated heterocycles. The molecule has 94 valence electrons. The van der Waals surface area contributed by atoms with E-state index < -0.39 is 5.91 Å². The van der Waals surface area contributed by atoms with E-state index in [0.29, 0.717) is 12.4 Å². The molecule has 17 heavy (non-hydrogen) atoms. The number of methoxy groups -OCH3 is 1. The topological polar surface area (TPSA) is 103 Å².